The van der Waals surface area contributed by atoms with Gasteiger partial charge in [-0.25, -0.2) is 4.79 Å². The number of benzene rings is 3. The summed E-state index contributed by atoms with van der Waals surface area (Å²) >= 11 is 11.9. The summed E-state index contributed by atoms with van der Waals surface area (Å²) in [5, 5.41) is 8.27. The Labute approximate surface area is 197 Å². The van der Waals surface area contributed by atoms with Crippen molar-refractivity contribution in [1.82, 2.24) is 5.32 Å². The van der Waals surface area contributed by atoms with Crippen molar-refractivity contribution in [2.24, 2.45) is 0 Å². The third-order valence-electron chi connectivity index (χ3n) is 4.56. The topological polar surface area (TPSA) is 70.2 Å². The summed E-state index contributed by atoms with van der Waals surface area (Å²) in [7, 11) is 0. The van der Waals surface area contributed by atoms with Crippen LogP contribution in [0.2, 0.25) is 10.0 Å². The largest absolute Gasteiger partial charge is 0.416 e. The molecular weight excluding hydrogens is 478 g/mol. The fourth-order valence-corrected chi connectivity index (χ4v) is 3.39. The van der Waals surface area contributed by atoms with Gasteiger partial charge in [0.25, 0.3) is 0 Å². The number of nitrogens with one attached hydrogen (secondary N) is 3. The lowest BCUT2D eigenvalue weighted by Gasteiger charge is -2.19. The van der Waals surface area contributed by atoms with Gasteiger partial charge in [-0.05, 0) is 48.0 Å². The number of carbonyl (C=O) groups excluding carboxylic acids is 2. The van der Waals surface area contributed by atoms with Crippen molar-refractivity contribution in [2.75, 3.05) is 10.6 Å². The predicted molar refractivity (Wildman–Crippen MR) is 123 cm³/mol. The third-order valence-corrected chi connectivity index (χ3v) is 5.11. The van der Waals surface area contributed by atoms with Gasteiger partial charge in [0.05, 0.1) is 16.3 Å². The highest BCUT2D eigenvalue weighted by Crippen LogP contribution is 2.30. The first-order chi connectivity index (χ1) is 15.6. The van der Waals surface area contributed by atoms with Gasteiger partial charge in [-0.1, -0.05) is 53.5 Å². The molecule has 0 spiro atoms. The quantitative estimate of drug-likeness (QED) is 0.371. The van der Waals surface area contributed by atoms with Crippen LogP contribution in [0, 0.1) is 0 Å². The Hall–Kier alpha value is -3.23. The molecule has 0 heterocycles. The summed E-state index contributed by atoms with van der Waals surface area (Å²) in [6.07, 6.45) is -4.34. The summed E-state index contributed by atoms with van der Waals surface area (Å²) in [5.41, 5.74) is 0.391. The number of alkyl halides is 3. The number of rotatable bonds is 6. The standard InChI is InChI=1S/C23H18Cl2F3N3O2/c24-16-8-11-19(18(25)13-16)30-22(33)31-20(12-14-4-2-1-3-5-14)21(32)29-17-9-6-15(7-10-17)23(26,27)28/h1-11,13,20H,12H2,(H,29,32)(H2,30,31,33). The van der Waals surface area contributed by atoms with Crippen LogP contribution in [0.1, 0.15) is 11.1 Å². The molecule has 0 fully saturated rings. The lowest BCUT2D eigenvalue weighted by atomic mass is 10.1. The van der Waals surface area contributed by atoms with Crippen LogP contribution in [0.25, 0.3) is 0 Å². The maximum absolute atomic E-state index is 12.9. The Bertz CT molecular complexity index is 1120. The van der Waals surface area contributed by atoms with Gasteiger partial charge in [0.15, 0.2) is 0 Å². The zero-order chi connectivity index (χ0) is 24.0. The van der Waals surface area contributed by atoms with E-state index in [1.165, 1.54) is 12.1 Å². The molecule has 0 bridgehead atoms. The Kier molecular flexibility index (Phi) is 7.84. The second-order valence-electron chi connectivity index (χ2n) is 7.03. The number of carbonyl (C=O) groups is 2. The molecule has 172 valence electrons. The first kappa shape index (κ1) is 24.4. The minimum atomic E-state index is -4.49. The van der Waals surface area contributed by atoms with E-state index in [2.05, 4.69) is 16.0 Å². The van der Waals surface area contributed by atoms with Crippen LogP contribution in [0.5, 0.6) is 0 Å². The molecule has 0 saturated heterocycles. The van der Waals surface area contributed by atoms with Crippen LogP contribution < -0.4 is 16.0 Å². The molecule has 3 aromatic carbocycles. The molecular formula is C23H18Cl2F3N3O2. The highest BCUT2D eigenvalue weighted by Gasteiger charge is 2.30. The van der Waals surface area contributed by atoms with E-state index < -0.39 is 29.7 Å². The summed E-state index contributed by atoms with van der Waals surface area (Å²) in [5.74, 6) is -0.601. The van der Waals surface area contributed by atoms with E-state index in [0.717, 1.165) is 29.8 Å². The summed E-state index contributed by atoms with van der Waals surface area (Å²) in [6.45, 7) is 0. The van der Waals surface area contributed by atoms with Crippen molar-refractivity contribution in [3.05, 3.63) is 94.0 Å². The van der Waals surface area contributed by atoms with E-state index in [-0.39, 0.29) is 17.1 Å². The van der Waals surface area contributed by atoms with Gasteiger partial charge in [-0.15, -0.1) is 0 Å². The van der Waals surface area contributed by atoms with E-state index in [4.69, 9.17) is 23.2 Å². The molecule has 5 nitrogen and oxygen atoms in total. The minimum absolute atomic E-state index is 0.148. The molecule has 3 aromatic rings. The Morgan fingerprint density at radius 2 is 1.55 bits per heavy atom. The van der Waals surface area contributed by atoms with Gasteiger partial charge in [0.1, 0.15) is 6.04 Å². The summed E-state index contributed by atoms with van der Waals surface area (Å²) in [4.78, 5) is 25.4. The van der Waals surface area contributed by atoms with E-state index >= 15 is 0 Å². The Morgan fingerprint density at radius 3 is 2.15 bits per heavy atom. The highest BCUT2D eigenvalue weighted by molar-refractivity contribution is 6.36. The average molecular weight is 496 g/mol. The molecule has 1 atom stereocenters. The molecule has 10 heteroatoms. The van der Waals surface area contributed by atoms with Gasteiger partial charge in [0, 0.05) is 17.1 Å². The fourth-order valence-electron chi connectivity index (χ4n) is 2.94. The van der Waals surface area contributed by atoms with Gasteiger partial charge >= 0.3 is 12.2 Å². The van der Waals surface area contributed by atoms with Crippen LogP contribution in [-0.2, 0) is 17.4 Å². The molecule has 0 aliphatic heterocycles. The van der Waals surface area contributed by atoms with E-state index in [9.17, 15) is 22.8 Å². The number of hydrogen-bond acceptors (Lipinski definition) is 2. The third kappa shape index (κ3) is 7.13. The van der Waals surface area contributed by atoms with Crippen LogP contribution in [-0.4, -0.2) is 18.0 Å². The lowest BCUT2D eigenvalue weighted by Crippen LogP contribution is -2.47. The fraction of sp³-hybridized carbons (Fsp3) is 0.130. The van der Waals surface area contributed by atoms with Crippen LogP contribution >= 0.6 is 23.2 Å². The highest BCUT2D eigenvalue weighted by atomic mass is 35.5. The van der Waals surface area contributed by atoms with Crippen LogP contribution in [0.3, 0.4) is 0 Å². The van der Waals surface area contributed by atoms with Crippen molar-refractivity contribution in [3.8, 4) is 0 Å². The van der Waals surface area contributed by atoms with Gasteiger partial charge in [-0.3, -0.25) is 4.79 Å². The van der Waals surface area contributed by atoms with Gasteiger partial charge in [-0.2, -0.15) is 13.2 Å². The first-order valence-electron chi connectivity index (χ1n) is 9.66. The SMILES string of the molecule is O=C(Nc1ccc(Cl)cc1Cl)NC(Cc1ccccc1)C(=O)Nc1ccc(C(F)(F)F)cc1. The molecule has 0 aliphatic carbocycles. The van der Waals surface area contributed by atoms with Gasteiger partial charge in [0.2, 0.25) is 5.91 Å². The minimum Gasteiger partial charge on any atom is -0.326 e. The molecule has 0 saturated carbocycles. The predicted octanol–water partition coefficient (Wildman–Crippen LogP) is 6.38. The second-order valence-corrected chi connectivity index (χ2v) is 7.87. The van der Waals surface area contributed by atoms with Crippen molar-refractivity contribution in [3.63, 3.8) is 0 Å². The van der Waals surface area contributed by atoms with E-state index in [1.807, 2.05) is 6.07 Å². The zero-order valence-corrected chi connectivity index (χ0v) is 18.4. The zero-order valence-electron chi connectivity index (χ0n) is 16.9. The Morgan fingerprint density at radius 1 is 0.879 bits per heavy atom. The molecule has 3 amide bonds. The van der Waals surface area contributed by atoms with Crippen molar-refractivity contribution < 1.29 is 22.8 Å². The molecule has 3 N–H and O–H groups in total. The number of halogens is 5. The van der Waals surface area contributed by atoms with E-state index in [0.29, 0.717) is 10.7 Å². The first-order valence-corrected chi connectivity index (χ1v) is 10.4. The summed E-state index contributed by atoms with van der Waals surface area (Å²) in [6, 6.07) is 15.8. The Balaban J connectivity index is 1.74. The van der Waals surface area contributed by atoms with Crippen LogP contribution in [0.4, 0.5) is 29.3 Å². The van der Waals surface area contributed by atoms with Crippen molar-refractivity contribution >= 4 is 46.5 Å². The molecule has 3 rings (SSSR count). The number of urea groups is 1. The molecule has 0 aromatic heterocycles. The van der Waals surface area contributed by atoms with E-state index in [1.54, 1.807) is 30.3 Å². The van der Waals surface area contributed by atoms with Gasteiger partial charge < -0.3 is 16.0 Å². The maximum Gasteiger partial charge on any atom is 0.416 e. The maximum atomic E-state index is 12.9. The lowest BCUT2D eigenvalue weighted by molar-refractivity contribution is -0.137. The van der Waals surface area contributed by atoms with Crippen molar-refractivity contribution in [2.45, 2.75) is 18.6 Å². The smallest absolute Gasteiger partial charge is 0.326 e. The number of amides is 3. The monoisotopic (exact) mass is 495 g/mol. The molecule has 0 aliphatic rings. The van der Waals surface area contributed by atoms with Crippen molar-refractivity contribution in [1.29, 1.82) is 0 Å². The number of anilines is 2. The summed E-state index contributed by atoms with van der Waals surface area (Å²) < 4.78 is 38.3. The van der Waals surface area contributed by atoms with Crippen LogP contribution in [0.15, 0.2) is 72.8 Å². The number of hydrogen-bond donors (Lipinski definition) is 3. The molecule has 0 radical (unpaired) electrons. The second kappa shape index (κ2) is 10.6. The average Bonchev–Trinajstić information content (AvgIpc) is 2.76. The molecule has 33 heavy (non-hydrogen) atoms. The molecule has 1 unspecified atom stereocenters. The normalized spacial score (nSPS) is 12.0.